The van der Waals surface area contributed by atoms with Gasteiger partial charge in [0, 0.05) is 70.3 Å². The van der Waals surface area contributed by atoms with Crippen LogP contribution in [0.2, 0.25) is 0 Å². The van der Waals surface area contributed by atoms with E-state index in [4.69, 9.17) is 9.47 Å². The number of ether oxygens (including phenoxy) is 2. The van der Waals surface area contributed by atoms with E-state index in [9.17, 15) is 0 Å². The topological polar surface area (TPSA) is 52.6 Å². The van der Waals surface area contributed by atoms with Crippen molar-refractivity contribution in [3.05, 3.63) is 24.3 Å². The molecular formula is C21H36IN5O2. The molecule has 0 saturated carbocycles. The number of piperazine rings is 1. The van der Waals surface area contributed by atoms with Gasteiger partial charge in [0.25, 0.3) is 0 Å². The summed E-state index contributed by atoms with van der Waals surface area (Å²) in [7, 11) is 7.93. The number of benzene rings is 1. The molecule has 2 aliphatic heterocycles. The minimum absolute atomic E-state index is 0. The highest BCUT2D eigenvalue weighted by Crippen LogP contribution is 2.25. The van der Waals surface area contributed by atoms with Gasteiger partial charge >= 0.3 is 0 Å². The number of halogens is 1. The summed E-state index contributed by atoms with van der Waals surface area (Å²) in [6.07, 6.45) is 2.10. The zero-order valence-corrected chi connectivity index (χ0v) is 20.5. The summed E-state index contributed by atoms with van der Waals surface area (Å²) < 4.78 is 10.9. The molecule has 0 atom stereocenters. The molecule has 0 radical (unpaired) electrons. The van der Waals surface area contributed by atoms with E-state index in [1.54, 1.807) is 7.11 Å². The molecule has 8 heteroatoms. The Kier molecular flexibility index (Phi) is 9.29. The maximum Gasteiger partial charge on any atom is 0.193 e. The van der Waals surface area contributed by atoms with Gasteiger partial charge in [-0.1, -0.05) is 6.07 Å². The molecule has 0 aromatic heterocycles. The fourth-order valence-corrected chi connectivity index (χ4v) is 4.09. The molecule has 1 aromatic carbocycles. The predicted molar refractivity (Wildman–Crippen MR) is 130 cm³/mol. The fraction of sp³-hybridized carbons (Fsp3) is 0.667. The van der Waals surface area contributed by atoms with Crippen LogP contribution >= 0.6 is 24.0 Å². The zero-order chi connectivity index (χ0) is 20.0. The lowest BCUT2D eigenvalue weighted by Crippen LogP contribution is -2.59. The molecular weight excluding hydrogens is 481 g/mol. The molecule has 0 spiro atoms. The Balaban J connectivity index is 0.00000300. The van der Waals surface area contributed by atoms with Crippen molar-refractivity contribution in [2.45, 2.75) is 18.4 Å². The second-order valence-electron chi connectivity index (χ2n) is 7.81. The van der Waals surface area contributed by atoms with Gasteiger partial charge in [-0.05, 0) is 39.1 Å². The van der Waals surface area contributed by atoms with Gasteiger partial charge in [-0.25, -0.2) is 0 Å². The maximum absolute atomic E-state index is 5.59. The normalized spacial score (nSPS) is 19.7. The summed E-state index contributed by atoms with van der Waals surface area (Å²) in [5.41, 5.74) is 1.35. The van der Waals surface area contributed by atoms with E-state index < -0.39 is 0 Å². The summed E-state index contributed by atoms with van der Waals surface area (Å²) in [5, 5.41) is 3.64. The first-order valence-corrected chi connectivity index (χ1v) is 10.2. The van der Waals surface area contributed by atoms with Crippen LogP contribution in [0.1, 0.15) is 12.8 Å². The Morgan fingerprint density at radius 2 is 1.90 bits per heavy atom. The van der Waals surface area contributed by atoms with Gasteiger partial charge in [0.05, 0.1) is 7.11 Å². The molecule has 0 amide bonds. The molecule has 1 N–H and O–H groups in total. The summed E-state index contributed by atoms with van der Waals surface area (Å²) in [5.74, 6) is 1.90. The maximum atomic E-state index is 5.59. The first-order chi connectivity index (χ1) is 13.6. The Morgan fingerprint density at radius 3 is 2.48 bits per heavy atom. The van der Waals surface area contributed by atoms with Gasteiger partial charge in [0.2, 0.25) is 0 Å². The Morgan fingerprint density at radius 1 is 1.21 bits per heavy atom. The largest absolute Gasteiger partial charge is 0.497 e. The summed E-state index contributed by atoms with van der Waals surface area (Å²) in [4.78, 5) is 11.7. The zero-order valence-electron chi connectivity index (χ0n) is 18.2. The van der Waals surface area contributed by atoms with Gasteiger partial charge in [-0.15, -0.1) is 24.0 Å². The number of anilines is 1. The number of hydrogen-bond acceptors (Lipinski definition) is 5. The summed E-state index contributed by atoms with van der Waals surface area (Å²) in [6, 6.07) is 8.30. The minimum Gasteiger partial charge on any atom is -0.497 e. The van der Waals surface area contributed by atoms with Gasteiger partial charge in [0.1, 0.15) is 5.75 Å². The second kappa shape index (κ2) is 11.2. The molecule has 0 bridgehead atoms. The number of rotatable bonds is 5. The van der Waals surface area contributed by atoms with Crippen LogP contribution in [0.3, 0.4) is 0 Å². The van der Waals surface area contributed by atoms with Crippen LogP contribution in [-0.4, -0.2) is 95.5 Å². The van der Waals surface area contributed by atoms with Crippen molar-refractivity contribution in [1.82, 2.24) is 15.1 Å². The van der Waals surface area contributed by atoms with Crippen LogP contribution in [0.5, 0.6) is 5.75 Å². The highest BCUT2D eigenvalue weighted by atomic mass is 127. The standard InChI is InChI=1S/C21H35N5O2.HI/c1-22-20(23-17-21(24(2)3)8-14-28-15-9-21)26-12-10-25(11-13-26)18-6-5-7-19(16-18)27-4;/h5-7,16H,8-15,17H2,1-4H3,(H,22,23);1H. The average molecular weight is 517 g/mol. The Bertz CT molecular complexity index is 656. The van der Waals surface area contributed by atoms with Gasteiger partial charge in [-0.3, -0.25) is 4.99 Å². The molecule has 29 heavy (non-hydrogen) atoms. The Labute approximate surface area is 192 Å². The van der Waals surface area contributed by atoms with Crippen molar-refractivity contribution in [1.29, 1.82) is 0 Å². The van der Waals surface area contributed by atoms with Crippen molar-refractivity contribution >= 4 is 35.6 Å². The fourth-order valence-electron chi connectivity index (χ4n) is 4.09. The molecule has 2 fully saturated rings. The third-order valence-corrected chi connectivity index (χ3v) is 6.16. The lowest BCUT2D eigenvalue weighted by atomic mass is 9.88. The predicted octanol–water partition coefficient (Wildman–Crippen LogP) is 2.12. The first-order valence-electron chi connectivity index (χ1n) is 10.2. The molecule has 1 aromatic rings. The molecule has 2 heterocycles. The quantitative estimate of drug-likeness (QED) is 0.367. The van der Waals surface area contributed by atoms with E-state index in [1.807, 2.05) is 13.1 Å². The monoisotopic (exact) mass is 517 g/mol. The number of nitrogens with zero attached hydrogens (tertiary/aromatic N) is 4. The van der Waals surface area contributed by atoms with Gasteiger partial charge in [-0.2, -0.15) is 0 Å². The highest BCUT2D eigenvalue weighted by molar-refractivity contribution is 14.0. The van der Waals surface area contributed by atoms with Crippen molar-refractivity contribution < 1.29 is 9.47 Å². The lowest BCUT2D eigenvalue weighted by molar-refractivity contribution is -0.00526. The number of nitrogens with one attached hydrogen (secondary N) is 1. The first kappa shape index (κ1) is 24.0. The van der Waals surface area contributed by atoms with E-state index >= 15 is 0 Å². The van der Waals surface area contributed by atoms with E-state index in [2.05, 4.69) is 57.3 Å². The van der Waals surface area contributed by atoms with Crippen LogP contribution < -0.4 is 15.0 Å². The molecule has 2 aliphatic rings. The SMILES string of the molecule is CN=C(NCC1(N(C)C)CCOCC1)N1CCN(c2cccc(OC)c2)CC1.I. The minimum atomic E-state index is 0. The average Bonchev–Trinajstić information content (AvgIpc) is 2.75. The molecule has 0 unspecified atom stereocenters. The van der Waals surface area contributed by atoms with Gasteiger partial charge < -0.3 is 29.5 Å². The third-order valence-electron chi connectivity index (χ3n) is 6.16. The lowest BCUT2D eigenvalue weighted by Gasteiger charge is -2.44. The molecule has 0 aliphatic carbocycles. The second-order valence-corrected chi connectivity index (χ2v) is 7.81. The van der Waals surface area contributed by atoms with Crippen molar-refractivity contribution in [3.63, 3.8) is 0 Å². The number of methoxy groups -OCH3 is 1. The van der Waals surface area contributed by atoms with Gasteiger partial charge in [0.15, 0.2) is 5.96 Å². The van der Waals surface area contributed by atoms with Crippen molar-refractivity contribution in [2.24, 2.45) is 4.99 Å². The molecule has 2 saturated heterocycles. The van der Waals surface area contributed by atoms with Crippen LogP contribution in [-0.2, 0) is 4.74 Å². The molecule has 7 nitrogen and oxygen atoms in total. The van der Waals surface area contributed by atoms with Crippen LogP contribution in [0.15, 0.2) is 29.3 Å². The summed E-state index contributed by atoms with van der Waals surface area (Å²) in [6.45, 7) is 6.41. The number of aliphatic imine (C=N–C) groups is 1. The molecule has 164 valence electrons. The van der Waals surface area contributed by atoms with Crippen molar-refractivity contribution in [2.75, 3.05) is 79.1 Å². The van der Waals surface area contributed by atoms with Crippen LogP contribution in [0.4, 0.5) is 5.69 Å². The third kappa shape index (κ3) is 5.88. The number of hydrogen-bond donors (Lipinski definition) is 1. The van der Waals surface area contributed by atoms with E-state index in [0.717, 1.165) is 70.5 Å². The summed E-state index contributed by atoms with van der Waals surface area (Å²) >= 11 is 0. The van der Waals surface area contributed by atoms with E-state index in [0.29, 0.717) is 0 Å². The highest BCUT2D eigenvalue weighted by Gasteiger charge is 2.35. The van der Waals surface area contributed by atoms with Crippen molar-refractivity contribution in [3.8, 4) is 5.75 Å². The number of guanidine groups is 1. The van der Waals surface area contributed by atoms with E-state index in [-0.39, 0.29) is 29.5 Å². The molecule has 3 rings (SSSR count). The Hall–Kier alpha value is -1.26. The van der Waals surface area contributed by atoms with E-state index in [1.165, 1.54) is 5.69 Å². The van der Waals surface area contributed by atoms with Crippen LogP contribution in [0, 0.1) is 0 Å². The van der Waals surface area contributed by atoms with Crippen LogP contribution in [0.25, 0.3) is 0 Å². The number of likely N-dealkylation sites (N-methyl/N-ethyl adjacent to an activating group) is 1. The smallest absolute Gasteiger partial charge is 0.193 e.